The van der Waals surface area contributed by atoms with Gasteiger partial charge in [-0.15, -0.1) is 0 Å². The molecule has 0 aliphatic carbocycles. The van der Waals surface area contributed by atoms with Gasteiger partial charge < -0.3 is 15.0 Å². The number of nitrogens with zero attached hydrogens (tertiary/aromatic N) is 3. The summed E-state index contributed by atoms with van der Waals surface area (Å²) in [5, 5.41) is 3.22. The van der Waals surface area contributed by atoms with Crippen LogP contribution in [0.15, 0.2) is 36.5 Å². The fourth-order valence-corrected chi connectivity index (χ4v) is 4.88. The molecule has 2 aromatic rings. The second-order valence-corrected chi connectivity index (χ2v) is 8.51. The Morgan fingerprint density at radius 1 is 1.27 bits per heavy atom. The maximum absolute atomic E-state index is 11.8. The maximum atomic E-state index is 11.8. The van der Waals surface area contributed by atoms with Gasteiger partial charge in [-0.3, -0.25) is 0 Å². The zero-order valence-corrected chi connectivity index (χ0v) is 15.9. The van der Waals surface area contributed by atoms with E-state index < -0.39 is 9.84 Å². The lowest BCUT2D eigenvalue weighted by Gasteiger charge is -2.28. The van der Waals surface area contributed by atoms with Gasteiger partial charge in [0.15, 0.2) is 9.84 Å². The molecule has 1 aromatic carbocycles. The summed E-state index contributed by atoms with van der Waals surface area (Å²) in [7, 11) is -1.29. The third-order valence-corrected chi connectivity index (χ3v) is 6.29. The van der Waals surface area contributed by atoms with Crippen LogP contribution >= 0.6 is 0 Å². The molecule has 0 amide bonds. The lowest BCUT2D eigenvalue weighted by atomic mass is 10.2. The first-order valence-electron chi connectivity index (χ1n) is 8.67. The Kier molecular flexibility index (Phi) is 5.61. The number of sulfone groups is 1. The molecule has 0 radical (unpaired) electrons. The third-order valence-electron chi connectivity index (χ3n) is 4.53. The van der Waals surface area contributed by atoms with Crippen molar-refractivity contribution < 1.29 is 13.2 Å². The SMILES string of the molecule is CCN(c1ccnc(NCc2ccc(OC)cc2)n1)C1CCS(=O)(=O)C1. The van der Waals surface area contributed by atoms with E-state index >= 15 is 0 Å². The van der Waals surface area contributed by atoms with E-state index in [-0.39, 0.29) is 17.5 Å². The van der Waals surface area contributed by atoms with Crippen LogP contribution in [-0.2, 0) is 16.4 Å². The average Bonchev–Trinajstić information content (AvgIpc) is 3.01. The highest BCUT2D eigenvalue weighted by Crippen LogP contribution is 2.23. The molecule has 1 aliphatic rings. The van der Waals surface area contributed by atoms with Gasteiger partial charge in [-0.1, -0.05) is 12.1 Å². The zero-order chi connectivity index (χ0) is 18.6. The van der Waals surface area contributed by atoms with E-state index in [1.54, 1.807) is 13.3 Å². The Morgan fingerprint density at radius 3 is 2.65 bits per heavy atom. The lowest BCUT2D eigenvalue weighted by molar-refractivity contribution is 0.414. The van der Waals surface area contributed by atoms with Crippen LogP contribution in [-0.4, -0.2) is 49.6 Å². The summed E-state index contributed by atoms with van der Waals surface area (Å²) < 4.78 is 28.7. The Labute approximate surface area is 154 Å². The van der Waals surface area contributed by atoms with Gasteiger partial charge in [0.2, 0.25) is 5.95 Å². The van der Waals surface area contributed by atoms with E-state index in [4.69, 9.17) is 4.74 Å². The highest BCUT2D eigenvalue weighted by atomic mass is 32.2. The number of methoxy groups -OCH3 is 1. The molecule has 3 rings (SSSR count). The summed E-state index contributed by atoms with van der Waals surface area (Å²) in [4.78, 5) is 10.9. The Bertz CT molecular complexity index is 840. The molecular formula is C18H24N4O3S. The molecule has 1 fully saturated rings. The van der Waals surface area contributed by atoms with Gasteiger partial charge >= 0.3 is 0 Å². The van der Waals surface area contributed by atoms with Crippen LogP contribution in [0, 0.1) is 0 Å². The summed E-state index contributed by atoms with van der Waals surface area (Å²) >= 11 is 0. The van der Waals surface area contributed by atoms with Crippen molar-refractivity contribution in [1.82, 2.24) is 9.97 Å². The maximum Gasteiger partial charge on any atom is 0.224 e. The molecule has 8 heteroatoms. The van der Waals surface area contributed by atoms with E-state index in [2.05, 4.69) is 15.3 Å². The molecule has 0 bridgehead atoms. The minimum Gasteiger partial charge on any atom is -0.497 e. The van der Waals surface area contributed by atoms with Crippen molar-refractivity contribution in [2.75, 3.05) is 35.4 Å². The smallest absolute Gasteiger partial charge is 0.224 e. The molecule has 0 saturated carbocycles. The van der Waals surface area contributed by atoms with E-state index in [0.29, 0.717) is 25.5 Å². The first-order valence-corrected chi connectivity index (χ1v) is 10.5. The standard InChI is InChI=1S/C18H24N4O3S/c1-3-22(15-9-11-26(23,24)13-15)17-8-10-19-18(21-17)20-12-14-4-6-16(25-2)7-5-14/h4-8,10,15H,3,9,11-13H2,1-2H3,(H,19,20,21). The van der Waals surface area contributed by atoms with Crippen molar-refractivity contribution in [3.05, 3.63) is 42.1 Å². The number of aromatic nitrogens is 2. The van der Waals surface area contributed by atoms with Gasteiger partial charge in [0.25, 0.3) is 0 Å². The Morgan fingerprint density at radius 2 is 2.04 bits per heavy atom. The second-order valence-electron chi connectivity index (χ2n) is 6.28. The van der Waals surface area contributed by atoms with Crippen LogP contribution in [0.1, 0.15) is 18.9 Å². The predicted octanol–water partition coefficient (Wildman–Crippen LogP) is 2.11. The first kappa shape index (κ1) is 18.4. The highest BCUT2D eigenvalue weighted by molar-refractivity contribution is 7.91. The van der Waals surface area contributed by atoms with Crippen LogP contribution in [0.25, 0.3) is 0 Å². The minimum absolute atomic E-state index is 0.0191. The predicted molar refractivity (Wildman–Crippen MR) is 102 cm³/mol. The molecule has 1 atom stereocenters. The van der Waals surface area contributed by atoms with Gasteiger partial charge in [0.05, 0.1) is 18.6 Å². The van der Waals surface area contributed by atoms with Gasteiger partial charge in [-0.25, -0.2) is 13.4 Å². The summed E-state index contributed by atoms with van der Waals surface area (Å²) in [6, 6.07) is 9.60. The summed E-state index contributed by atoms with van der Waals surface area (Å²) in [5.74, 6) is 2.54. The van der Waals surface area contributed by atoms with E-state index in [9.17, 15) is 8.42 Å². The molecule has 140 valence electrons. The molecule has 1 aromatic heterocycles. The fourth-order valence-electron chi connectivity index (χ4n) is 3.15. The molecule has 26 heavy (non-hydrogen) atoms. The number of hydrogen-bond acceptors (Lipinski definition) is 7. The van der Waals surface area contributed by atoms with Gasteiger partial charge in [-0.05, 0) is 37.1 Å². The van der Waals surface area contributed by atoms with Gasteiger partial charge in [0.1, 0.15) is 11.6 Å². The van der Waals surface area contributed by atoms with E-state index in [1.165, 1.54) is 0 Å². The van der Waals surface area contributed by atoms with Crippen molar-refractivity contribution in [3.8, 4) is 5.75 Å². The molecule has 7 nitrogen and oxygen atoms in total. The van der Waals surface area contributed by atoms with Crippen LogP contribution in [0.5, 0.6) is 5.75 Å². The average molecular weight is 376 g/mol. The number of anilines is 2. The van der Waals surface area contributed by atoms with Crippen LogP contribution in [0.3, 0.4) is 0 Å². The number of benzene rings is 1. The summed E-state index contributed by atoms with van der Waals surface area (Å²) in [6.07, 6.45) is 2.35. The third kappa shape index (κ3) is 4.43. The fraction of sp³-hybridized carbons (Fsp3) is 0.444. The normalized spacial score (nSPS) is 18.5. The van der Waals surface area contributed by atoms with Crippen LogP contribution < -0.4 is 15.0 Å². The number of hydrogen-bond donors (Lipinski definition) is 1. The first-order chi connectivity index (χ1) is 12.5. The molecule has 2 heterocycles. The quantitative estimate of drug-likeness (QED) is 0.792. The van der Waals surface area contributed by atoms with Crippen LogP contribution in [0.2, 0.25) is 0 Å². The molecule has 1 saturated heterocycles. The van der Waals surface area contributed by atoms with Gasteiger partial charge in [-0.2, -0.15) is 4.98 Å². The van der Waals surface area contributed by atoms with Crippen molar-refractivity contribution in [2.24, 2.45) is 0 Å². The van der Waals surface area contributed by atoms with Crippen molar-refractivity contribution in [2.45, 2.75) is 25.9 Å². The van der Waals surface area contributed by atoms with Gasteiger partial charge in [0, 0.05) is 25.3 Å². The molecule has 1 aliphatic heterocycles. The lowest BCUT2D eigenvalue weighted by Crippen LogP contribution is -2.36. The number of rotatable bonds is 7. The van der Waals surface area contributed by atoms with Crippen molar-refractivity contribution >= 4 is 21.6 Å². The minimum atomic E-state index is -2.93. The van der Waals surface area contributed by atoms with Crippen molar-refractivity contribution in [1.29, 1.82) is 0 Å². The summed E-state index contributed by atoms with van der Waals surface area (Å²) in [5.41, 5.74) is 1.09. The molecule has 1 unspecified atom stereocenters. The summed E-state index contributed by atoms with van der Waals surface area (Å²) in [6.45, 7) is 3.31. The number of ether oxygens (including phenoxy) is 1. The van der Waals surface area contributed by atoms with Crippen molar-refractivity contribution in [3.63, 3.8) is 0 Å². The second kappa shape index (κ2) is 7.90. The Balaban J connectivity index is 1.68. The number of nitrogens with one attached hydrogen (secondary N) is 1. The highest BCUT2D eigenvalue weighted by Gasteiger charge is 2.32. The van der Waals surface area contributed by atoms with E-state index in [0.717, 1.165) is 17.1 Å². The Hall–Kier alpha value is -2.35. The zero-order valence-electron chi connectivity index (χ0n) is 15.1. The molecule has 0 spiro atoms. The molecule has 1 N–H and O–H groups in total. The monoisotopic (exact) mass is 376 g/mol. The molecular weight excluding hydrogens is 352 g/mol. The van der Waals surface area contributed by atoms with E-state index in [1.807, 2.05) is 42.2 Å². The van der Waals surface area contributed by atoms with Crippen LogP contribution in [0.4, 0.5) is 11.8 Å². The topological polar surface area (TPSA) is 84.4 Å². The largest absolute Gasteiger partial charge is 0.497 e.